The predicted molar refractivity (Wildman–Crippen MR) is 107 cm³/mol. The summed E-state index contributed by atoms with van der Waals surface area (Å²) in [4.78, 5) is 2.41. The van der Waals surface area contributed by atoms with Crippen molar-refractivity contribution in [2.75, 3.05) is 4.90 Å². The van der Waals surface area contributed by atoms with Gasteiger partial charge in [0.05, 0.1) is 0 Å². The van der Waals surface area contributed by atoms with Gasteiger partial charge in [-0.1, -0.05) is 52.0 Å². The van der Waals surface area contributed by atoms with E-state index in [1.54, 1.807) is 0 Å². The van der Waals surface area contributed by atoms with Gasteiger partial charge < -0.3 is 4.90 Å². The summed E-state index contributed by atoms with van der Waals surface area (Å²) in [5, 5.41) is 0. The van der Waals surface area contributed by atoms with Crippen molar-refractivity contribution in [3.8, 4) is 0 Å². The van der Waals surface area contributed by atoms with Gasteiger partial charge >= 0.3 is 0 Å². The summed E-state index contributed by atoms with van der Waals surface area (Å²) in [6.45, 7) is 13.6. The minimum atomic E-state index is 0.428. The molecule has 0 heterocycles. The molecule has 1 nitrogen and oxygen atoms in total. The van der Waals surface area contributed by atoms with Crippen LogP contribution in [0.2, 0.25) is 0 Å². The highest BCUT2D eigenvalue weighted by molar-refractivity contribution is 5.64. The molecule has 0 fully saturated rings. The maximum absolute atomic E-state index is 2.41. The lowest BCUT2D eigenvalue weighted by atomic mass is 10.0. The lowest BCUT2D eigenvalue weighted by Gasteiger charge is -2.29. The van der Waals surface area contributed by atoms with Crippen molar-refractivity contribution < 1.29 is 0 Å². The minimum Gasteiger partial charge on any atom is -0.339 e. The summed E-state index contributed by atoms with van der Waals surface area (Å²) in [6.07, 6.45) is 2.29. The maximum Gasteiger partial charge on any atom is 0.0413 e. The Hall–Kier alpha value is -1.76. The van der Waals surface area contributed by atoms with Gasteiger partial charge in [-0.15, -0.1) is 0 Å². The summed E-state index contributed by atoms with van der Waals surface area (Å²) in [5.74, 6) is 1.40. The average Bonchev–Trinajstić information content (AvgIpc) is 2.49. The van der Waals surface area contributed by atoms with E-state index in [9.17, 15) is 0 Å². The van der Waals surface area contributed by atoms with Gasteiger partial charge in [0.1, 0.15) is 0 Å². The fourth-order valence-corrected chi connectivity index (χ4v) is 3.27. The van der Waals surface area contributed by atoms with Crippen molar-refractivity contribution in [3.05, 3.63) is 59.7 Å². The van der Waals surface area contributed by atoms with Crippen molar-refractivity contribution >= 4 is 11.4 Å². The van der Waals surface area contributed by atoms with Crippen LogP contribution in [0.1, 0.15) is 52.7 Å². The molecule has 0 amide bonds. The van der Waals surface area contributed by atoms with Crippen LogP contribution in [0.5, 0.6) is 0 Å². The second-order valence-corrected chi connectivity index (χ2v) is 7.99. The molecule has 0 bridgehead atoms. The molecule has 130 valence electrons. The Bertz CT molecular complexity index is 552. The minimum absolute atomic E-state index is 0.428. The van der Waals surface area contributed by atoms with E-state index in [4.69, 9.17) is 0 Å². The standard InChI is InChI=1S/C23H33N/c1-17(2)15-20-7-11-22(12-8-20)24(19(5)6)23-13-9-21(10-14-23)16-18(3)4/h7-14,17-19H,15-16H2,1-6H3. The zero-order valence-electron chi connectivity index (χ0n) is 16.2. The molecule has 0 aliphatic rings. The molecule has 0 saturated carbocycles. The van der Waals surface area contributed by atoms with Crippen LogP contribution in [-0.2, 0) is 12.8 Å². The molecule has 24 heavy (non-hydrogen) atoms. The van der Waals surface area contributed by atoms with E-state index in [0.717, 1.165) is 12.8 Å². The van der Waals surface area contributed by atoms with Crippen molar-refractivity contribution in [2.45, 2.75) is 60.4 Å². The molecule has 0 aliphatic carbocycles. The third-order valence-corrected chi connectivity index (χ3v) is 4.23. The SMILES string of the molecule is CC(C)Cc1ccc(N(c2ccc(CC(C)C)cc2)C(C)C)cc1. The van der Waals surface area contributed by atoms with Crippen LogP contribution < -0.4 is 4.90 Å². The summed E-state index contributed by atoms with van der Waals surface area (Å²) in [6, 6.07) is 18.6. The Kier molecular flexibility index (Phi) is 6.48. The summed E-state index contributed by atoms with van der Waals surface area (Å²) >= 11 is 0. The van der Waals surface area contributed by atoms with Crippen LogP contribution >= 0.6 is 0 Å². The van der Waals surface area contributed by atoms with E-state index >= 15 is 0 Å². The van der Waals surface area contributed by atoms with Crippen LogP contribution in [0.15, 0.2) is 48.5 Å². The number of hydrogen-bond acceptors (Lipinski definition) is 1. The second kappa shape index (κ2) is 8.37. The molecule has 0 saturated heterocycles. The fraction of sp³-hybridized carbons (Fsp3) is 0.478. The first-order valence-corrected chi connectivity index (χ1v) is 9.34. The van der Waals surface area contributed by atoms with Crippen molar-refractivity contribution in [2.24, 2.45) is 11.8 Å². The molecule has 1 heteroatoms. The number of rotatable bonds is 7. The smallest absolute Gasteiger partial charge is 0.0413 e. The van der Waals surface area contributed by atoms with Crippen molar-refractivity contribution in [1.29, 1.82) is 0 Å². The van der Waals surface area contributed by atoms with Crippen LogP contribution in [0.4, 0.5) is 11.4 Å². The van der Waals surface area contributed by atoms with Crippen LogP contribution in [0.3, 0.4) is 0 Å². The Morgan fingerprint density at radius 1 is 0.583 bits per heavy atom. The van der Waals surface area contributed by atoms with E-state index in [1.165, 1.54) is 22.5 Å². The number of hydrogen-bond donors (Lipinski definition) is 0. The van der Waals surface area contributed by atoms with Crippen LogP contribution in [0.25, 0.3) is 0 Å². The molecule has 0 aliphatic heterocycles. The molecule has 0 radical (unpaired) electrons. The van der Waals surface area contributed by atoms with Crippen LogP contribution in [-0.4, -0.2) is 6.04 Å². The molecular formula is C23H33N. The Balaban J connectivity index is 2.22. The van der Waals surface area contributed by atoms with Gasteiger partial charge in [-0.05, 0) is 73.9 Å². The Labute approximate surface area is 148 Å². The lowest BCUT2D eigenvalue weighted by Crippen LogP contribution is -2.25. The Morgan fingerprint density at radius 2 is 0.917 bits per heavy atom. The third-order valence-electron chi connectivity index (χ3n) is 4.23. The molecule has 2 rings (SSSR count). The van der Waals surface area contributed by atoms with Crippen molar-refractivity contribution in [1.82, 2.24) is 0 Å². The van der Waals surface area contributed by atoms with E-state index < -0.39 is 0 Å². The summed E-state index contributed by atoms with van der Waals surface area (Å²) in [7, 11) is 0. The molecule has 0 atom stereocenters. The maximum atomic E-state index is 2.41. The number of benzene rings is 2. The van der Waals surface area contributed by atoms with E-state index in [2.05, 4.69) is 95.0 Å². The molecular weight excluding hydrogens is 290 g/mol. The Morgan fingerprint density at radius 3 is 1.17 bits per heavy atom. The van der Waals surface area contributed by atoms with Gasteiger partial charge in [0.15, 0.2) is 0 Å². The van der Waals surface area contributed by atoms with Crippen LogP contribution in [0, 0.1) is 11.8 Å². The summed E-state index contributed by atoms with van der Waals surface area (Å²) < 4.78 is 0. The zero-order valence-corrected chi connectivity index (χ0v) is 16.2. The predicted octanol–water partition coefficient (Wildman–Crippen LogP) is 6.63. The van der Waals surface area contributed by atoms with Gasteiger partial charge in [0.2, 0.25) is 0 Å². The topological polar surface area (TPSA) is 3.24 Å². The van der Waals surface area contributed by atoms with E-state index in [1.807, 2.05) is 0 Å². The van der Waals surface area contributed by atoms with Gasteiger partial charge in [-0.2, -0.15) is 0 Å². The molecule has 0 spiro atoms. The third kappa shape index (κ3) is 5.12. The monoisotopic (exact) mass is 323 g/mol. The molecule has 0 unspecified atom stereocenters. The average molecular weight is 324 g/mol. The highest BCUT2D eigenvalue weighted by Crippen LogP contribution is 2.29. The van der Waals surface area contributed by atoms with Gasteiger partial charge in [-0.25, -0.2) is 0 Å². The molecule has 0 aromatic heterocycles. The first kappa shape index (κ1) is 18.6. The fourth-order valence-electron chi connectivity index (χ4n) is 3.27. The molecule has 2 aromatic carbocycles. The molecule has 0 N–H and O–H groups in total. The molecule has 2 aromatic rings. The van der Waals surface area contributed by atoms with E-state index in [-0.39, 0.29) is 0 Å². The van der Waals surface area contributed by atoms with Gasteiger partial charge in [0, 0.05) is 17.4 Å². The second-order valence-electron chi connectivity index (χ2n) is 7.99. The van der Waals surface area contributed by atoms with Crippen molar-refractivity contribution in [3.63, 3.8) is 0 Å². The number of nitrogens with zero attached hydrogens (tertiary/aromatic N) is 1. The quantitative estimate of drug-likeness (QED) is 0.552. The lowest BCUT2D eigenvalue weighted by molar-refractivity contribution is 0.647. The zero-order chi connectivity index (χ0) is 17.7. The van der Waals surface area contributed by atoms with Gasteiger partial charge in [-0.3, -0.25) is 0 Å². The highest BCUT2D eigenvalue weighted by Gasteiger charge is 2.13. The normalized spacial score (nSPS) is 11.5. The first-order valence-electron chi connectivity index (χ1n) is 9.34. The number of anilines is 2. The summed E-state index contributed by atoms with van der Waals surface area (Å²) in [5.41, 5.74) is 5.39. The van der Waals surface area contributed by atoms with Gasteiger partial charge in [0.25, 0.3) is 0 Å². The largest absolute Gasteiger partial charge is 0.339 e. The highest BCUT2D eigenvalue weighted by atomic mass is 15.2. The first-order chi connectivity index (χ1) is 11.4. The van der Waals surface area contributed by atoms with E-state index in [0.29, 0.717) is 17.9 Å².